The average Bonchev–Trinajstić information content (AvgIpc) is 2.83. The quantitative estimate of drug-likeness (QED) is 0.826. The highest BCUT2D eigenvalue weighted by molar-refractivity contribution is 5.55. The number of aromatic amines is 1. The molecule has 0 fully saturated rings. The summed E-state index contributed by atoms with van der Waals surface area (Å²) in [6, 6.07) is 4.00. The van der Waals surface area contributed by atoms with Gasteiger partial charge in [0.1, 0.15) is 11.6 Å². The zero-order valence-electron chi connectivity index (χ0n) is 9.65. The van der Waals surface area contributed by atoms with Crippen LogP contribution >= 0.6 is 0 Å². The van der Waals surface area contributed by atoms with Crippen molar-refractivity contribution >= 4 is 5.82 Å². The lowest BCUT2D eigenvalue weighted by molar-refractivity contribution is 0.923. The molecule has 2 rings (SSSR count). The van der Waals surface area contributed by atoms with Crippen molar-refractivity contribution in [3.63, 3.8) is 0 Å². The molecule has 0 aliphatic heterocycles. The van der Waals surface area contributed by atoms with Gasteiger partial charge in [-0.1, -0.05) is 0 Å². The molecule has 17 heavy (non-hydrogen) atoms. The predicted octanol–water partition coefficient (Wildman–Crippen LogP) is 1.30. The first-order valence-corrected chi connectivity index (χ1v) is 5.18. The van der Waals surface area contributed by atoms with Crippen LogP contribution in [0.4, 0.5) is 5.82 Å². The monoisotopic (exact) mass is 228 g/mol. The Morgan fingerprint density at radius 2 is 2.24 bits per heavy atom. The number of nitrogens with zero attached hydrogens (tertiary/aromatic N) is 4. The first-order valence-electron chi connectivity index (χ1n) is 5.18. The molecule has 0 aliphatic carbocycles. The summed E-state index contributed by atoms with van der Waals surface area (Å²) in [6.45, 7) is 4.23. The van der Waals surface area contributed by atoms with Crippen LogP contribution in [-0.4, -0.2) is 20.4 Å². The summed E-state index contributed by atoms with van der Waals surface area (Å²) in [5.41, 5.74) is 3.09. The number of H-pyrrole nitrogens is 1. The second kappa shape index (κ2) is 4.61. The van der Waals surface area contributed by atoms with E-state index in [-0.39, 0.29) is 0 Å². The third-order valence-electron chi connectivity index (χ3n) is 2.57. The van der Waals surface area contributed by atoms with Gasteiger partial charge in [-0.15, -0.1) is 5.10 Å². The number of nitrogens with one attached hydrogen (secondary N) is 2. The van der Waals surface area contributed by atoms with E-state index >= 15 is 0 Å². The van der Waals surface area contributed by atoms with Crippen LogP contribution in [0.2, 0.25) is 0 Å². The molecule has 2 heterocycles. The standard InChI is InChI=1S/C11H12N6/c1-7-8(2)15-17-11(10(7)5-12)13-6-9-3-4-14-16-9/h3-4H,6H2,1-2H3,(H,13,17)(H,14,16). The summed E-state index contributed by atoms with van der Waals surface area (Å²) >= 11 is 0. The van der Waals surface area contributed by atoms with Crippen molar-refractivity contribution in [2.24, 2.45) is 0 Å². The lowest BCUT2D eigenvalue weighted by Gasteiger charge is -2.08. The van der Waals surface area contributed by atoms with Gasteiger partial charge in [0.25, 0.3) is 0 Å². The van der Waals surface area contributed by atoms with E-state index in [9.17, 15) is 0 Å². The number of aryl methyl sites for hydroxylation is 1. The minimum Gasteiger partial charge on any atom is -0.362 e. The molecular weight excluding hydrogens is 216 g/mol. The fourth-order valence-electron chi connectivity index (χ4n) is 1.43. The van der Waals surface area contributed by atoms with Crippen LogP contribution in [-0.2, 0) is 6.54 Å². The molecule has 2 aromatic heterocycles. The minimum absolute atomic E-state index is 0.505. The maximum atomic E-state index is 9.10. The Kier molecular flexibility index (Phi) is 3.01. The van der Waals surface area contributed by atoms with Crippen LogP contribution < -0.4 is 5.32 Å². The molecule has 0 aliphatic rings. The smallest absolute Gasteiger partial charge is 0.167 e. The van der Waals surface area contributed by atoms with Gasteiger partial charge in [0.05, 0.1) is 17.9 Å². The molecule has 86 valence electrons. The van der Waals surface area contributed by atoms with E-state index in [1.165, 1.54) is 0 Å². The van der Waals surface area contributed by atoms with Crippen LogP contribution in [0.5, 0.6) is 0 Å². The van der Waals surface area contributed by atoms with E-state index < -0.39 is 0 Å². The van der Waals surface area contributed by atoms with Crippen LogP contribution in [0.3, 0.4) is 0 Å². The van der Waals surface area contributed by atoms with Crippen molar-refractivity contribution in [2.75, 3.05) is 5.32 Å². The van der Waals surface area contributed by atoms with Gasteiger partial charge in [-0.3, -0.25) is 5.10 Å². The lowest BCUT2D eigenvalue weighted by Crippen LogP contribution is -2.07. The largest absolute Gasteiger partial charge is 0.362 e. The fraction of sp³-hybridized carbons (Fsp3) is 0.273. The van der Waals surface area contributed by atoms with E-state index in [2.05, 4.69) is 31.8 Å². The molecule has 0 spiro atoms. The average molecular weight is 228 g/mol. The molecule has 0 unspecified atom stereocenters. The van der Waals surface area contributed by atoms with E-state index in [0.29, 0.717) is 17.9 Å². The number of hydrogen-bond donors (Lipinski definition) is 2. The number of hydrogen-bond acceptors (Lipinski definition) is 5. The molecule has 2 aromatic rings. The summed E-state index contributed by atoms with van der Waals surface area (Å²) in [5, 5.41) is 26.8. The molecular formula is C11H12N6. The second-order valence-electron chi connectivity index (χ2n) is 3.68. The first-order chi connectivity index (χ1) is 8.22. The maximum Gasteiger partial charge on any atom is 0.167 e. The molecule has 0 radical (unpaired) electrons. The van der Waals surface area contributed by atoms with Crippen molar-refractivity contribution in [3.05, 3.63) is 34.8 Å². The lowest BCUT2D eigenvalue weighted by atomic mass is 10.1. The SMILES string of the molecule is Cc1nnc(NCc2ccn[nH]2)c(C#N)c1C. The van der Waals surface area contributed by atoms with E-state index in [1.807, 2.05) is 19.9 Å². The molecule has 6 heteroatoms. The molecule has 0 saturated carbocycles. The van der Waals surface area contributed by atoms with Gasteiger partial charge in [-0.25, -0.2) is 0 Å². The highest BCUT2D eigenvalue weighted by Crippen LogP contribution is 2.17. The van der Waals surface area contributed by atoms with E-state index in [1.54, 1.807) is 6.20 Å². The summed E-state index contributed by atoms with van der Waals surface area (Å²) in [7, 11) is 0. The number of nitriles is 1. The Hall–Kier alpha value is -2.42. The van der Waals surface area contributed by atoms with Gasteiger partial charge in [-0.2, -0.15) is 15.5 Å². The molecule has 0 amide bonds. The van der Waals surface area contributed by atoms with E-state index in [4.69, 9.17) is 5.26 Å². The first kappa shape index (κ1) is 11.1. The molecule has 0 atom stereocenters. The van der Waals surface area contributed by atoms with Gasteiger partial charge < -0.3 is 5.32 Å². The van der Waals surface area contributed by atoms with Crippen LogP contribution in [0.15, 0.2) is 12.3 Å². The van der Waals surface area contributed by atoms with Crippen LogP contribution in [0, 0.1) is 25.2 Å². The Labute approximate surface area is 98.7 Å². The third-order valence-corrected chi connectivity index (χ3v) is 2.57. The van der Waals surface area contributed by atoms with Crippen molar-refractivity contribution in [1.29, 1.82) is 5.26 Å². The summed E-state index contributed by atoms with van der Waals surface area (Å²) in [6.07, 6.45) is 1.67. The van der Waals surface area contributed by atoms with Gasteiger partial charge >= 0.3 is 0 Å². The predicted molar refractivity (Wildman–Crippen MR) is 62.1 cm³/mol. The van der Waals surface area contributed by atoms with Crippen LogP contribution in [0.25, 0.3) is 0 Å². The highest BCUT2D eigenvalue weighted by Gasteiger charge is 2.10. The molecule has 0 bridgehead atoms. The zero-order chi connectivity index (χ0) is 12.3. The fourth-order valence-corrected chi connectivity index (χ4v) is 1.43. The van der Waals surface area contributed by atoms with Gasteiger partial charge in [0.15, 0.2) is 5.82 Å². The molecule has 0 saturated heterocycles. The Balaban J connectivity index is 2.22. The number of rotatable bonds is 3. The Bertz CT molecular complexity index is 552. The third kappa shape index (κ3) is 2.23. The normalized spacial score (nSPS) is 9.94. The van der Waals surface area contributed by atoms with E-state index in [0.717, 1.165) is 17.0 Å². The maximum absolute atomic E-state index is 9.10. The zero-order valence-corrected chi connectivity index (χ0v) is 9.65. The van der Waals surface area contributed by atoms with Crippen molar-refractivity contribution in [1.82, 2.24) is 20.4 Å². The van der Waals surface area contributed by atoms with Gasteiger partial charge in [0.2, 0.25) is 0 Å². The molecule has 0 aromatic carbocycles. The highest BCUT2D eigenvalue weighted by atomic mass is 15.2. The minimum atomic E-state index is 0.505. The van der Waals surface area contributed by atoms with Crippen LogP contribution in [0.1, 0.15) is 22.5 Å². The van der Waals surface area contributed by atoms with Crippen molar-refractivity contribution in [3.8, 4) is 6.07 Å². The second-order valence-corrected chi connectivity index (χ2v) is 3.68. The number of aromatic nitrogens is 4. The summed E-state index contributed by atoms with van der Waals surface area (Å²) < 4.78 is 0. The molecule has 6 nitrogen and oxygen atoms in total. The number of anilines is 1. The summed E-state index contributed by atoms with van der Waals surface area (Å²) in [5.74, 6) is 0.505. The topological polar surface area (TPSA) is 90.3 Å². The Morgan fingerprint density at radius 1 is 1.41 bits per heavy atom. The van der Waals surface area contributed by atoms with Gasteiger partial charge in [0, 0.05) is 6.20 Å². The Morgan fingerprint density at radius 3 is 2.88 bits per heavy atom. The van der Waals surface area contributed by atoms with Crippen molar-refractivity contribution in [2.45, 2.75) is 20.4 Å². The molecule has 2 N–H and O–H groups in total. The van der Waals surface area contributed by atoms with Gasteiger partial charge in [-0.05, 0) is 25.5 Å². The van der Waals surface area contributed by atoms with Crippen molar-refractivity contribution < 1.29 is 0 Å². The summed E-state index contributed by atoms with van der Waals surface area (Å²) in [4.78, 5) is 0.